The van der Waals surface area contributed by atoms with E-state index in [9.17, 15) is 4.79 Å². The third kappa shape index (κ3) is 3.88. The van der Waals surface area contributed by atoms with Crippen LogP contribution in [0.15, 0.2) is 41.5 Å². The van der Waals surface area contributed by atoms with Gasteiger partial charge in [0.2, 0.25) is 0 Å². The number of benzene rings is 1. The fourth-order valence-electron chi connectivity index (χ4n) is 1.85. The van der Waals surface area contributed by atoms with Crippen molar-refractivity contribution >= 4 is 12.1 Å². The summed E-state index contributed by atoms with van der Waals surface area (Å²) in [5.41, 5.74) is 4.45. The summed E-state index contributed by atoms with van der Waals surface area (Å²) in [6, 6.07) is 11.1. The second kappa shape index (κ2) is 7.31. The minimum absolute atomic E-state index is 0.135. The van der Waals surface area contributed by atoms with Gasteiger partial charge in [0.05, 0.1) is 19.0 Å². The van der Waals surface area contributed by atoms with Crippen molar-refractivity contribution in [2.24, 2.45) is 12.1 Å². The SMILES string of the molecule is COc1ccccc1OCC(=O)N/N=C\c1ccc(C)n1C. The third-order valence-electron chi connectivity index (χ3n) is 3.23. The van der Waals surface area contributed by atoms with Gasteiger partial charge in [0.15, 0.2) is 18.1 Å². The summed E-state index contributed by atoms with van der Waals surface area (Å²) >= 11 is 0. The van der Waals surface area contributed by atoms with E-state index in [0.717, 1.165) is 11.4 Å². The number of aromatic nitrogens is 1. The highest BCUT2D eigenvalue weighted by Gasteiger charge is 2.06. The van der Waals surface area contributed by atoms with Crippen LogP contribution in [0.25, 0.3) is 0 Å². The number of nitrogens with one attached hydrogen (secondary N) is 1. The maximum Gasteiger partial charge on any atom is 0.277 e. The number of methoxy groups -OCH3 is 1. The number of hydrogen-bond donors (Lipinski definition) is 1. The van der Waals surface area contributed by atoms with Crippen LogP contribution in [-0.4, -0.2) is 30.4 Å². The molecule has 6 heteroatoms. The molecule has 22 heavy (non-hydrogen) atoms. The number of amides is 1. The molecule has 0 fully saturated rings. The van der Waals surface area contributed by atoms with E-state index in [0.29, 0.717) is 11.5 Å². The van der Waals surface area contributed by atoms with Crippen molar-refractivity contribution in [3.63, 3.8) is 0 Å². The first-order valence-electron chi connectivity index (χ1n) is 6.82. The Morgan fingerprint density at radius 2 is 2.00 bits per heavy atom. The van der Waals surface area contributed by atoms with Crippen LogP contribution in [0.3, 0.4) is 0 Å². The molecule has 0 atom stereocenters. The molecule has 1 aromatic carbocycles. The van der Waals surface area contributed by atoms with Crippen LogP contribution in [0.4, 0.5) is 0 Å². The van der Waals surface area contributed by atoms with Gasteiger partial charge in [-0.15, -0.1) is 0 Å². The van der Waals surface area contributed by atoms with Gasteiger partial charge in [-0.25, -0.2) is 5.43 Å². The van der Waals surface area contributed by atoms with E-state index in [1.54, 1.807) is 25.5 Å². The Bertz CT molecular complexity index is 677. The summed E-state index contributed by atoms with van der Waals surface area (Å²) in [4.78, 5) is 11.7. The summed E-state index contributed by atoms with van der Waals surface area (Å²) in [6.45, 7) is 1.86. The van der Waals surface area contributed by atoms with Crippen molar-refractivity contribution in [2.45, 2.75) is 6.92 Å². The summed E-state index contributed by atoms with van der Waals surface area (Å²) < 4.78 is 12.5. The average Bonchev–Trinajstić information content (AvgIpc) is 2.85. The molecule has 0 unspecified atom stereocenters. The first kappa shape index (κ1) is 15.6. The van der Waals surface area contributed by atoms with Crippen LogP contribution in [-0.2, 0) is 11.8 Å². The monoisotopic (exact) mass is 301 g/mol. The molecule has 0 saturated heterocycles. The number of rotatable bonds is 6. The first-order valence-corrected chi connectivity index (χ1v) is 6.82. The Balaban J connectivity index is 1.84. The zero-order valence-electron chi connectivity index (χ0n) is 12.9. The topological polar surface area (TPSA) is 64.8 Å². The third-order valence-corrected chi connectivity index (χ3v) is 3.23. The quantitative estimate of drug-likeness (QED) is 0.654. The van der Waals surface area contributed by atoms with E-state index in [2.05, 4.69) is 10.5 Å². The molecule has 1 N–H and O–H groups in total. The molecule has 1 amide bonds. The smallest absolute Gasteiger partial charge is 0.277 e. The van der Waals surface area contributed by atoms with Crippen molar-refractivity contribution in [1.29, 1.82) is 0 Å². The van der Waals surface area contributed by atoms with Crippen LogP contribution < -0.4 is 14.9 Å². The molecule has 0 radical (unpaired) electrons. The summed E-state index contributed by atoms with van der Waals surface area (Å²) in [5.74, 6) is 0.758. The van der Waals surface area contributed by atoms with Gasteiger partial charge in [0.1, 0.15) is 0 Å². The van der Waals surface area contributed by atoms with Gasteiger partial charge in [-0.1, -0.05) is 12.1 Å². The largest absolute Gasteiger partial charge is 0.493 e. The number of carbonyl (C=O) groups excluding carboxylic acids is 1. The second-order valence-electron chi connectivity index (χ2n) is 4.69. The summed E-state index contributed by atoms with van der Waals surface area (Å²) in [7, 11) is 3.48. The molecule has 0 spiro atoms. The fourth-order valence-corrected chi connectivity index (χ4v) is 1.85. The minimum atomic E-state index is -0.340. The van der Waals surface area contributed by atoms with Gasteiger partial charge in [0.25, 0.3) is 5.91 Å². The minimum Gasteiger partial charge on any atom is -0.493 e. The lowest BCUT2D eigenvalue weighted by atomic mass is 10.3. The number of hydrazone groups is 1. The predicted octanol–water partition coefficient (Wildman–Crippen LogP) is 1.87. The van der Waals surface area contributed by atoms with E-state index >= 15 is 0 Å². The summed E-state index contributed by atoms with van der Waals surface area (Å²) in [6.07, 6.45) is 1.59. The Labute approximate surface area is 129 Å². The molecule has 0 saturated carbocycles. The molecule has 2 aromatic rings. The molecule has 2 rings (SSSR count). The Kier molecular flexibility index (Phi) is 5.19. The van der Waals surface area contributed by atoms with Crippen LogP contribution >= 0.6 is 0 Å². The zero-order chi connectivity index (χ0) is 15.9. The highest BCUT2D eigenvalue weighted by molar-refractivity contribution is 5.82. The molecule has 6 nitrogen and oxygen atoms in total. The molecule has 0 aliphatic carbocycles. The van der Waals surface area contributed by atoms with Crippen LogP contribution in [0.5, 0.6) is 11.5 Å². The number of ether oxygens (including phenoxy) is 2. The number of carbonyl (C=O) groups is 1. The number of hydrogen-bond acceptors (Lipinski definition) is 4. The molecule has 0 aliphatic rings. The summed E-state index contributed by atoms with van der Waals surface area (Å²) in [5, 5.41) is 3.91. The van der Waals surface area contributed by atoms with Crippen LogP contribution in [0.2, 0.25) is 0 Å². The fraction of sp³-hybridized carbons (Fsp3) is 0.250. The highest BCUT2D eigenvalue weighted by atomic mass is 16.5. The molecule has 1 aromatic heterocycles. The number of aryl methyl sites for hydroxylation is 1. The number of nitrogens with zero attached hydrogens (tertiary/aromatic N) is 2. The Hall–Kier alpha value is -2.76. The van der Waals surface area contributed by atoms with E-state index in [1.807, 2.05) is 42.8 Å². The van der Waals surface area contributed by atoms with Gasteiger partial charge < -0.3 is 14.0 Å². The molecular weight excluding hydrogens is 282 g/mol. The lowest BCUT2D eigenvalue weighted by Crippen LogP contribution is -2.24. The lowest BCUT2D eigenvalue weighted by Gasteiger charge is -2.09. The van der Waals surface area contributed by atoms with Gasteiger partial charge >= 0.3 is 0 Å². The van der Waals surface area contributed by atoms with Gasteiger partial charge in [-0.3, -0.25) is 4.79 Å². The molecule has 116 valence electrons. The van der Waals surface area contributed by atoms with Gasteiger partial charge in [-0.2, -0.15) is 5.10 Å². The van der Waals surface area contributed by atoms with E-state index < -0.39 is 0 Å². The Morgan fingerprint density at radius 1 is 1.27 bits per heavy atom. The van der Waals surface area contributed by atoms with Crippen molar-refractivity contribution in [2.75, 3.05) is 13.7 Å². The van der Waals surface area contributed by atoms with Crippen molar-refractivity contribution in [3.05, 3.63) is 47.8 Å². The molecule has 1 heterocycles. The first-order chi connectivity index (χ1) is 10.6. The second-order valence-corrected chi connectivity index (χ2v) is 4.69. The highest BCUT2D eigenvalue weighted by Crippen LogP contribution is 2.25. The van der Waals surface area contributed by atoms with Crippen molar-refractivity contribution in [3.8, 4) is 11.5 Å². The maximum absolute atomic E-state index is 11.7. The van der Waals surface area contributed by atoms with Gasteiger partial charge in [0, 0.05) is 12.7 Å². The standard InChI is InChI=1S/C16H19N3O3/c1-12-8-9-13(19(12)2)10-17-18-16(20)11-22-15-7-5-4-6-14(15)21-3/h4-10H,11H2,1-3H3,(H,18,20)/b17-10-. The van der Waals surface area contributed by atoms with Crippen molar-refractivity contribution in [1.82, 2.24) is 9.99 Å². The van der Waals surface area contributed by atoms with E-state index in [4.69, 9.17) is 9.47 Å². The van der Waals surface area contributed by atoms with E-state index in [1.165, 1.54) is 0 Å². The van der Waals surface area contributed by atoms with E-state index in [-0.39, 0.29) is 12.5 Å². The van der Waals surface area contributed by atoms with Crippen LogP contribution in [0.1, 0.15) is 11.4 Å². The lowest BCUT2D eigenvalue weighted by molar-refractivity contribution is -0.123. The number of para-hydroxylation sites is 2. The van der Waals surface area contributed by atoms with Crippen molar-refractivity contribution < 1.29 is 14.3 Å². The Morgan fingerprint density at radius 3 is 2.64 bits per heavy atom. The molecular formula is C16H19N3O3. The molecule has 0 bridgehead atoms. The zero-order valence-corrected chi connectivity index (χ0v) is 12.9. The maximum atomic E-state index is 11.7. The van der Waals surface area contributed by atoms with Crippen LogP contribution in [0, 0.1) is 6.92 Å². The van der Waals surface area contributed by atoms with Gasteiger partial charge in [-0.05, 0) is 31.2 Å². The normalized spacial score (nSPS) is 10.7. The molecule has 0 aliphatic heterocycles. The predicted molar refractivity (Wildman–Crippen MR) is 84.4 cm³/mol. The average molecular weight is 301 g/mol.